The molecule has 1 aromatic carbocycles. The van der Waals surface area contributed by atoms with Crippen molar-refractivity contribution >= 4 is 17.5 Å². The van der Waals surface area contributed by atoms with Crippen LogP contribution in [-0.2, 0) is 14.3 Å². The molecule has 1 fully saturated rings. The first kappa shape index (κ1) is 13.3. The van der Waals surface area contributed by atoms with Crippen molar-refractivity contribution in [2.45, 2.75) is 6.42 Å². The van der Waals surface area contributed by atoms with Gasteiger partial charge in [-0.2, -0.15) is 0 Å². The number of anilines is 1. The van der Waals surface area contributed by atoms with Gasteiger partial charge in [-0.3, -0.25) is 9.59 Å². The summed E-state index contributed by atoms with van der Waals surface area (Å²) in [6.45, 7) is -0.175. The van der Waals surface area contributed by atoms with Crippen molar-refractivity contribution in [3.63, 3.8) is 0 Å². The lowest BCUT2D eigenvalue weighted by Gasteiger charge is -2.24. The van der Waals surface area contributed by atoms with Gasteiger partial charge in [0.1, 0.15) is 13.2 Å². The molecule has 1 heterocycles. The number of aliphatic hydroxyl groups is 1. The van der Waals surface area contributed by atoms with Gasteiger partial charge in [0.05, 0.1) is 12.3 Å². The van der Waals surface area contributed by atoms with Crippen LogP contribution in [-0.4, -0.2) is 36.7 Å². The Morgan fingerprint density at radius 2 is 2.00 bits per heavy atom. The van der Waals surface area contributed by atoms with Crippen LogP contribution in [0.3, 0.4) is 0 Å². The van der Waals surface area contributed by atoms with Gasteiger partial charge in [0.15, 0.2) is 0 Å². The SMILES string of the molecule is O=C1COCC(=O)N1c1cccc(C#CCCO)c1. The molecule has 1 N–H and O–H groups in total. The number of benzene rings is 1. The second-order valence-corrected chi connectivity index (χ2v) is 3.94. The van der Waals surface area contributed by atoms with E-state index in [0.717, 1.165) is 4.90 Å². The zero-order valence-electron chi connectivity index (χ0n) is 10.3. The molecule has 1 saturated heterocycles. The summed E-state index contributed by atoms with van der Waals surface area (Å²) in [5.41, 5.74) is 1.19. The molecule has 98 valence electrons. The number of amides is 2. The molecule has 0 aromatic heterocycles. The lowest BCUT2D eigenvalue weighted by atomic mass is 10.1. The highest BCUT2D eigenvalue weighted by atomic mass is 16.5. The van der Waals surface area contributed by atoms with Gasteiger partial charge in [0, 0.05) is 12.0 Å². The Morgan fingerprint density at radius 1 is 1.26 bits per heavy atom. The van der Waals surface area contributed by atoms with Gasteiger partial charge < -0.3 is 9.84 Å². The molecule has 2 amide bonds. The van der Waals surface area contributed by atoms with Crippen molar-refractivity contribution in [2.24, 2.45) is 0 Å². The molecule has 0 unspecified atom stereocenters. The quantitative estimate of drug-likeness (QED) is 0.613. The summed E-state index contributed by atoms with van der Waals surface area (Å²) in [4.78, 5) is 24.5. The average molecular weight is 259 g/mol. The predicted molar refractivity (Wildman–Crippen MR) is 68.3 cm³/mol. The number of rotatable bonds is 2. The van der Waals surface area contributed by atoms with E-state index in [9.17, 15) is 9.59 Å². The largest absolute Gasteiger partial charge is 0.395 e. The summed E-state index contributed by atoms with van der Waals surface area (Å²) in [6, 6.07) is 6.86. The van der Waals surface area contributed by atoms with Crippen molar-refractivity contribution in [1.29, 1.82) is 0 Å². The molecule has 5 nitrogen and oxygen atoms in total. The number of carbonyl (C=O) groups is 2. The van der Waals surface area contributed by atoms with Crippen LogP contribution < -0.4 is 4.90 Å². The number of hydrogen-bond acceptors (Lipinski definition) is 4. The molecule has 2 rings (SSSR count). The minimum Gasteiger partial charge on any atom is -0.395 e. The van der Waals surface area contributed by atoms with Crippen molar-refractivity contribution in [2.75, 3.05) is 24.7 Å². The summed E-state index contributed by atoms with van der Waals surface area (Å²) in [6.07, 6.45) is 0.389. The number of nitrogens with zero attached hydrogens (tertiary/aromatic N) is 1. The Morgan fingerprint density at radius 3 is 2.68 bits per heavy atom. The molecule has 1 aromatic rings. The van der Waals surface area contributed by atoms with Gasteiger partial charge in [-0.05, 0) is 18.2 Å². The van der Waals surface area contributed by atoms with Gasteiger partial charge in [-0.15, -0.1) is 0 Å². The normalized spacial score (nSPS) is 15.1. The third-order valence-corrected chi connectivity index (χ3v) is 2.52. The molecular weight excluding hydrogens is 246 g/mol. The number of carbonyl (C=O) groups excluding carboxylic acids is 2. The van der Waals surface area contributed by atoms with E-state index in [0.29, 0.717) is 17.7 Å². The Labute approximate surface area is 110 Å². The standard InChI is InChI=1S/C14H13NO4/c16-7-2-1-4-11-5-3-6-12(8-11)15-13(17)9-19-10-14(15)18/h3,5-6,8,16H,2,7,9-10H2. The smallest absolute Gasteiger partial charge is 0.259 e. The van der Waals surface area contributed by atoms with Crippen molar-refractivity contribution < 1.29 is 19.4 Å². The van der Waals surface area contributed by atoms with E-state index in [2.05, 4.69) is 11.8 Å². The summed E-state index contributed by atoms with van der Waals surface area (Å²) in [5.74, 6) is 4.90. The Kier molecular flexibility index (Phi) is 4.29. The number of morpholine rings is 1. The maximum atomic E-state index is 11.7. The van der Waals surface area contributed by atoms with Crippen molar-refractivity contribution in [1.82, 2.24) is 0 Å². The van der Waals surface area contributed by atoms with E-state index in [4.69, 9.17) is 9.84 Å². The minimum atomic E-state index is -0.378. The molecule has 0 atom stereocenters. The number of aliphatic hydroxyl groups excluding tert-OH is 1. The molecule has 19 heavy (non-hydrogen) atoms. The average Bonchev–Trinajstić information content (AvgIpc) is 2.39. The van der Waals surface area contributed by atoms with E-state index in [1.54, 1.807) is 24.3 Å². The van der Waals surface area contributed by atoms with Crippen LogP contribution in [0.15, 0.2) is 24.3 Å². The molecule has 0 aliphatic carbocycles. The number of imide groups is 1. The fraction of sp³-hybridized carbons (Fsp3) is 0.286. The van der Waals surface area contributed by atoms with Crippen LogP contribution in [0, 0.1) is 11.8 Å². The lowest BCUT2D eigenvalue weighted by Crippen LogP contribution is -2.46. The first-order valence-corrected chi connectivity index (χ1v) is 5.85. The Balaban J connectivity index is 2.25. The van der Waals surface area contributed by atoms with E-state index >= 15 is 0 Å². The van der Waals surface area contributed by atoms with Crippen LogP contribution in [0.1, 0.15) is 12.0 Å². The summed E-state index contributed by atoms with van der Waals surface area (Å²) in [5, 5.41) is 8.66. The molecule has 1 aliphatic heterocycles. The summed E-state index contributed by atoms with van der Waals surface area (Å²) < 4.78 is 4.86. The molecule has 0 spiro atoms. The van der Waals surface area contributed by atoms with Crippen LogP contribution in [0.2, 0.25) is 0 Å². The molecular formula is C14H13NO4. The predicted octanol–water partition coefficient (Wildman–Crippen LogP) is 0.310. The first-order chi connectivity index (χ1) is 9.22. The van der Waals surface area contributed by atoms with Crippen molar-refractivity contribution in [3.8, 4) is 11.8 Å². The maximum Gasteiger partial charge on any atom is 0.259 e. The van der Waals surface area contributed by atoms with E-state index in [-0.39, 0.29) is 31.6 Å². The second-order valence-electron chi connectivity index (χ2n) is 3.94. The molecule has 0 bridgehead atoms. The molecule has 1 aliphatic rings. The minimum absolute atomic E-state index is 0.00707. The first-order valence-electron chi connectivity index (χ1n) is 5.85. The summed E-state index contributed by atoms with van der Waals surface area (Å²) in [7, 11) is 0. The van der Waals surface area contributed by atoms with Crippen LogP contribution in [0.25, 0.3) is 0 Å². The van der Waals surface area contributed by atoms with E-state index in [1.165, 1.54) is 0 Å². The van der Waals surface area contributed by atoms with Crippen LogP contribution >= 0.6 is 0 Å². The van der Waals surface area contributed by atoms with Crippen molar-refractivity contribution in [3.05, 3.63) is 29.8 Å². The Bertz CT molecular complexity index is 540. The fourth-order valence-corrected chi connectivity index (χ4v) is 1.73. The van der Waals surface area contributed by atoms with Crippen LogP contribution in [0.5, 0.6) is 0 Å². The van der Waals surface area contributed by atoms with E-state index < -0.39 is 0 Å². The number of hydrogen-bond donors (Lipinski definition) is 1. The van der Waals surface area contributed by atoms with Gasteiger partial charge in [0.2, 0.25) is 0 Å². The zero-order chi connectivity index (χ0) is 13.7. The monoisotopic (exact) mass is 259 g/mol. The molecule has 0 radical (unpaired) electrons. The highest BCUT2D eigenvalue weighted by Gasteiger charge is 2.27. The van der Waals surface area contributed by atoms with Gasteiger partial charge in [0.25, 0.3) is 11.8 Å². The lowest BCUT2D eigenvalue weighted by molar-refractivity contribution is -0.138. The highest BCUT2D eigenvalue weighted by molar-refractivity contribution is 6.17. The summed E-state index contributed by atoms with van der Waals surface area (Å²) >= 11 is 0. The molecule has 5 heteroatoms. The third-order valence-electron chi connectivity index (χ3n) is 2.52. The van der Waals surface area contributed by atoms with E-state index in [1.807, 2.05) is 0 Å². The van der Waals surface area contributed by atoms with Gasteiger partial charge >= 0.3 is 0 Å². The van der Waals surface area contributed by atoms with Gasteiger partial charge in [-0.1, -0.05) is 17.9 Å². The Hall–Kier alpha value is -2.16. The number of ether oxygens (including phenoxy) is 1. The van der Waals surface area contributed by atoms with Crippen LogP contribution in [0.4, 0.5) is 5.69 Å². The fourth-order valence-electron chi connectivity index (χ4n) is 1.73. The zero-order valence-corrected chi connectivity index (χ0v) is 10.3. The highest BCUT2D eigenvalue weighted by Crippen LogP contribution is 2.18. The topological polar surface area (TPSA) is 66.8 Å². The van der Waals surface area contributed by atoms with Gasteiger partial charge in [-0.25, -0.2) is 4.90 Å². The second kappa shape index (κ2) is 6.14. The third kappa shape index (κ3) is 3.19. The maximum absolute atomic E-state index is 11.7. The molecule has 0 saturated carbocycles.